The highest BCUT2D eigenvalue weighted by atomic mass is 32.2. The van der Waals surface area contributed by atoms with Crippen LogP contribution in [0.25, 0.3) is 0 Å². The lowest BCUT2D eigenvalue weighted by atomic mass is 10.1. The normalized spacial score (nSPS) is 20.3. The van der Waals surface area contributed by atoms with Gasteiger partial charge in [-0.3, -0.25) is 9.59 Å². The molecule has 2 N–H and O–H groups in total. The van der Waals surface area contributed by atoms with Gasteiger partial charge in [-0.25, -0.2) is 13.1 Å². The molecule has 1 amide bonds. The summed E-state index contributed by atoms with van der Waals surface area (Å²) >= 11 is 1.05. The van der Waals surface area contributed by atoms with Gasteiger partial charge in [0.1, 0.15) is 0 Å². The molecular weight excluding hydrogens is 292 g/mol. The summed E-state index contributed by atoms with van der Waals surface area (Å²) in [5, 5.41) is 8.48. The number of sulfonamides is 1. The van der Waals surface area contributed by atoms with Gasteiger partial charge in [0.2, 0.25) is 15.9 Å². The van der Waals surface area contributed by atoms with Gasteiger partial charge in [0, 0.05) is 19.1 Å². The van der Waals surface area contributed by atoms with Crippen LogP contribution >= 0.6 is 11.8 Å². The molecule has 9 heteroatoms. The average molecular weight is 310 g/mol. The number of nitrogens with one attached hydrogen (secondary N) is 1. The van der Waals surface area contributed by atoms with E-state index in [-0.39, 0.29) is 23.5 Å². The second-order valence-corrected chi connectivity index (χ2v) is 7.22. The SMILES string of the molecule is CS(=O)(=O)NC1CCCN(C(=O)CSCC(=O)O)C1. The third-order valence-electron chi connectivity index (χ3n) is 2.61. The second-order valence-electron chi connectivity index (χ2n) is 4.46. The summed E-state index contributed by atoms with van der Waals surface area (Å²) in [7, 11) is -3.27. The van der Waals surface area contributed by atoms with Crippen molar-refractivity contribution in [1.82, 2.24) is 9.62 Å². The first-order valence-electron chi connectivity index (χ1n) is 5.82. The first kappa shape index (κ1) is 16.3. The Morgan fingerprint density at radius 2 is 2.11 bits per heavy atom. The molecule has 1 aliphatic heterocycles. The van der Waals surface area contributed by atoms with Crippen molar-refractivity contribution in [2.24, 2.45) is 0 Å². The fourth-order valence-corrected chi connectivity index (χ4v) is 3.35. The molecule has 110 valence electrons. The zero-order valence-corrected chi connectivity index (χ0v) is 12.3. The molecule has 1 rings (SSSR count). The molecule has 0 aliphatic carbocycles. The van der Waals surface area contributed by atoms with Gasteiger partial charge in [0.05, 0.1) is 17.8 Å². The molecule has 0 radical (unpaired) electrons. The Labute approximate surface area is 116 Å². The van der Waals surface area contributed by atoms with Crippen LogP contribution in [0.5, 0.6) is 0 Å². The molecule has 0 bridgehead atoms. The molecule has 1 saturated heterocycles. The number of carbonyl (C=O) groups is 2. The molecule has 1 fully saturated rings. The van der Waals surface area contributed by atoms with E-state index in [9.17, 15) is 18.0 Å². The Kier molecular flexibility index (Phi) is 6.08. The zero-order valence-electron chi connectivity index (χ0n) is 10.7. The van der Waals surface area contributed by atoms with Crippen LogP contribution in [0.3, 0.4) is 0 Å². The van der Waals surface area contributed by atoms with E-state index in [0.29, 0.717) is 19.5 Å². The quantitative estimate of drug-likeness (QED) is 0.675. The van der Waals surface area contributed by atoms with Crippen molar-refractivity contribution in [1.29, 1.82) is 0 Å². The maximum Gasteiger partial charge on any atom is 0.313 e. The van der Waals surface area contributed by atoms with Crippen molar-refractivity contribution in [3.05, 3.63) is 0 Å². The number of hydrogen-bond donors (Lipinski definition) is 2. The van der Waals surface area contributed by atoms with Crippen LogP contribution in [0.1, 0.15) is 12.8 Å². The topological polar surface area (TPSA) is 104 Å². The summed E-state index contributed by atoms with van der Waals surface area (Å²) in [6.07, 6.45) is 2.54. The zero-order chi connectivity index (χ0) is 14.5. The molecule has 7 nitrogen and oxygen atoms in total. The first-order valence-corrected chi connectivity index (χ1v) is 8.87. The maximum atomic E-state index is 11.8. The summed E-state index contributed by atoms with van der Waals surface area (Å²) in [6.45, 7) is 0.938. The molecule has 0 aromatic heterocycles. The van der Waals surface area contributed by atoms with E-state index in [1.54, 1.807) is 4.90 Å². The van der Waals surface area contributed by atoms with E-state index in [1.165, 1.54) is 0 Å². The Balaban J connectivity index is 2.41. The highest BCUT2D eigenvalue weighted by molar-refractivity contribution is 8.00. The van der Waals surface area contributed by atoms with E-state index in [4.69, 9.17) is 5.11 Å². The highest BCUT2D eigenvalue weighted by Crippen LogP contribution is 2.13. The van der Waals surface area contributed by atoms with Crippen LogP contribution in [-0.2, 0) is 19.6 Å². The standard InChI is InChI=1S/C10H18N2O5S2/c1-19(16,17)11-8-3-2-4-12(5-8)9(13)6-18-7-10(14)15/h8,11H,2-7H2,1H3,(H,14,15). The predicted octanol–water partition coefficient (Wildman–Crippen LogP) is -0.656. The fraction of sp³-hybridized carbons (Fsp3) is 0.800. The largest absolute Gasteiger partial charge is 0.481 e. The lowest BCUT2D eigenvalue weighted by Gasteiger charge is -2.32. The van der Waals surface area contributed by atoms with E-state index in [1.807, 2.05) is 0 Å². The number of rotatable bonds is 6. The molecule has 1 heterocycles. The third-order valence-corrected chi connectivity index (χ3v) is 4.27. The molecule has 1 unspecified atom stereocenters. The molecular formula is C10H18N2O5S2. The first-order chi connectivity index (χ1) is 8.78. The number of hydrogen-bond acceptors (Lipinski definition) is 5. The van der Waals surface area contributed by atoms with Gasteiger partial charge >= 0.3 is 5.97 Å². The van der Waals surface area contributed by atoms with Crippen molar-refractivity contribution in [3.63, 3.8) is 0 Å². The monoisotopic (exact) mass is 310 g/mol. The highest BCUT2D eigenvalue weighted by Gasteiger charge is 2.25. The number of nitrogens with zero attached hydrogens (tertiary/aromatic N) is 1. The molecule has 1 atom stereocenters. The smallest absolute Gasteiger partial charge is 0.313 e. The number of piperidine rings is 1. The van der Waals surface area contributed by atoms with Crippen LogP contribution in [0.4, 0.5) is 0 Å². The molecule has 0 spiro atoms. The second kappa shape index (κ2) is 7.11. The van der Waals surface area contributed by atoms with E-state index < -0.39 is 16.0 Å². The average Bonchev–Trinajstić information content (AvgIpc) is 2.26. The Hall–Kier alpha value is -0.800. The van der Waals surface area contributed by atoms with Crippen LogP contribution < -0.4 is 4.72 Å². The lowest BCUT2D eigenvalue weighted by molar-refractivity contribution is -0.133. The Morgan fingerprint density at radius 1 is 1.42 bits per heavy atom. The molecule has 0 saturated carbocycles. The lowest BCUT2D eigenvalue weighted by Crippen LogP contribution is -2.49. The molecule has 19 heavy (non-hydrogen) atoms. The molecule has 1 aliphatic rings. The maximum absolute atomic E-state index is 11.8. The number of carbonyl (C=O) groups excluding carboxylic acids is 1. The number of thioether (sulfide) groups is 1. The van der Waals surface area contributed by atoms with Crippen molar-refractivity contribution < 1.29 is 23.1 Å². The van der Waals surface area contributed by atoms with E-state index >= 15 is 0 Å². The van der Waals surface area contributed by atoms with Crippen LogP contribution in [0, 0.1) is 0 Å². The summed E-state index contributed by atoms with van der Waals surface area (Å²) in [4.78, 5) is 23.8. The third kappa shape index (κ3) is 6.79. The minimum atomic E-state index is -3.27. The van der Waals surface area contributed by atoms with Gasteiger partial charge in [0.25, 0.3) is 0 Å². The van der Waals surface area contributed by atoms with Crippen molar-refractivity contribution in [2.75, 3.05) is 30.9 Å². The van der Waals surface area contributed by atoms with Gasteiger partial charge < -0.3 is 10.0 Å². The minimum absolute atomic E-state index is 0.107. The van der Waals surface area contributed by atoms with Gasteiger partial charge in [-0.15, -0.1) is 11.8 Å². The van der Waals surface area contributed by atoms with Crippen LogP contribution in [0.2, 0.25) is 0 Å². The van der Waals surface area contributed by atoms with Gasteiger partial charge in [-0.2, -0.15) is 0 Å². The van der Waals surface area contributed by atoms with Crippen LogP contribution in [-0.4, -0.2) is 67.2 Å². The van der Waals surface area contributed by atoms with Gasteiger partial charge in [-0.1, -0.05) is 0 Å². The number of carboxylic acid groups (broad SMARTS) is 1. The van der Waals surface area contributed by atoms with Crippen molar-refractivity contribution in [2.45, 2.75) is 18.9 Å². The van der Waals surface area contributed by atoms with Crippen molar-refractivity contribution >= 4 is 33.7 Å². The summed E-state index contributed by atoms with van der Waals surface area (Å²) < 4.78 is 24.8. The number of carboxylic acids is 1. The Morgan fingerprint density at radius 3 is 2.68 bits per heavy atom. The number of amides is 1. The summed E-state index contributed by atoms with van der Waals surface area (Å²) in [5.74, 6) is -1.10. The molecule has 0 aromatic rings. The summed E-state index contributed by atoms with van der Waals surface area (Å²) in [5.41, 5.74) is 0. The van der Waals surface area contributed by atoms with Gasteiger partial charge in [0.15, 0.2) is 0 Å². The van der Waals surface area contributed by atoms with Gasteiger partial charge in [-0.05, 0) is 12.8 Å². The number of aliphatic carboxylic acids is 1. The predicted molar refractivity (Wildman–Crippen MR) is 72.5 cm³/mol. The summed E-state index contributed by atoms with van der Waals surface area (Å²) in [6, 6.07) is -0.253. The fourth-order valence-electron chi connectivity index (χ4n) is 1.92. The van der Waals surface area contributed by atoms with Crippen LogP contribution in [0.15, 0.2) is 0 Å². The number of likely N-dealkylation sites (tertiary alicyclic amines) is 1. The van der Waals surface area contributed by atoms with Crippen molar-refractivity contribution in [3.8, 4) is 0 Å². The van der Waals surface area contributed by atoms with E-state index in [0.717, 1.165) is 24.4 Å². The Bertz CT molecular complexity index is 437. The minimum Gasteiger partial charge on any atom is -0.481 e. The van der Waals surface area contributed by atoms with E-state index in [2.05, 4.69) is 4.72 Å². The molecule has 0 aromatic carbocycles.